The van der Waals surface area contributed by atoms with Gasteiger partial charge in [-0.05, 0) is 51.4 Å². The van der Waals surface area contributed by atoms with Crippen LogP contribution in [0.2, 0.25) is 0 Å². The molecule has 0 aliphatic carbocycles. The minimum absolute atomic E-state index is 0.304. The van der Waals surface area contributed by atoms with E-state index >= 15 is 0 Å². The summed E-state index contributed by atoms with van der Waals surface area (Å²) < 4.78 is 1.52. The van der Waals surface area contributed by atoms with Crippen molar-refractivity contribution in [3.8, 4) is 0 Å². The van der Waals surface area contributed by atoms with Gasteiger partial charge >= 0.3 is 0 Å². The maximum Gasteiger partial charge on any atom is 0.252 e. The number of fused-ring (bicyclic) bond motifs is 2. The van der Waals surface area contributed by atoms with Crippen LogP contribution in [-0.2, 0) is 11.2 Å². The third-order valence-electron chi connectivity index (χ3n) is 5.06. The number of hydrogen-bond donors (Lipinski definition) is 2. The Balaban J connectivity index is 1.73. The quantitative estimate of drug-likeness (QED) is 0.345. The van der Waals surface area contributed by atoms with Crippen LogP contribution in [0.1, 0.15) is 15.9 Å². The number of primary amides is 1. The molecule has 4 nitrogen and oxygen atoms in total. The van der Waals surface area contributed by atoms with Crippen molar-refractivity contribution in [1.29, 1.82) is 0 Å². The van der Waals surface area contributed by atoms with E-state index in [2.05, 4.69) is 43.2 Å². The summed E-state index contributed by atoms with van der Waals surface area (Å²) in [5.41, 5.74) is 7.11. The zero-order chi connectivity index (χ0) is 21.3. The first-order chi connectivity index (χ1) is 14.4. The molecular formula is C24H18Br2N2O2. The Hall–Kier alpha value is -2.70. The van der Waals surface area contributed by atoms with Gasteiger partial charge in [-0.25, -0.2) is 0 Å². The van der Waals surface area contributed by atoms with Gasteiger partial charge in [0.1, 0.15) is 6.04 Å². The first kappa shape index (κ1) is 20.6. The molecule has 0 heterocycles. The lowest BCUT2D eigenvalue weighted by Crippen LogP contribution is -2.45. The average molecular weight is 526 g/mol. The molecule has 0 radical (unpaired) electrons. The van der Waals surface area contributed by atoms with E-state index < -0.39 is 11.9 Å². The summed E-state index contributed by atoms with van der Waals surface area (Å²) in [4.78, 5) is 25.1. The number of rotatable bonds is 5. The average Bonchev–Trinajstić information content (AvgIpc) is 2.72. The van der Waals surface area contributed by atoms with Crippen molar-refractivity contribution in [2.24, 2.45) is 5.73 Å². The summed E-state index contributed by atoms with van der Waals surface area (Å²) in [6.07, 6.45) is 0.304. The first-order valence-electron chi connectivity index (χ1n) is 9.38. The van der Waals surface area contributed by atoms with Crippen molar-refractivity contribution in [3.05, 3.63) is 92.9 Å². The van der Waals surface area contributed by atoms with Crippen LogP contribution in [0.3, 0.4) is 0 Å². The molecule has 6 heteroatoms. The van der Waals surface area contributed by atoms with Crippen LogP contribution in [0, 0.1) is 0 Å². The molecule has 2 amide bonds. The summed E-state index contributed by atoms with van der Waals surface area (Å²) >= 11 is 6.77. The highest BCUT2D eigenvalue weighted by Crippen LogP contribution is 2.29. The number of hydrogen-bond acceptors (Lipinski definition) is 2. The third kappa shape index (κ3) is 4.25. The summed E-state index contributed by atoms with van der Waals surface area (Å²) in [5.74, 6) is -0.931. The van der Waals surface area contributed by atoms with Gasteiger partial charge in [-0.15, -0.1) is 0 Å². The largest absolute Gasteiger partial charge is 0.368 e. The number of amides is 2. The number of benzene rings is 4. The molecular weight excluding hydrogens is 508 g/mol. The number of nitrogens with two attached hydrogens (primary N) is 1. The molecule has 0 aliphatic heterocycles. The van der Waals surface area contributed by atoms with Gasteiger partial charge < -0.3 is 11.1 Å². The Morgan fingerprint density at radius 2 is 1.37 bits per heavy atom. The van der Waals surface area contributed by atoms with Crippen LogP contribution in [-0.4, -0.2) is 17.9 Å². The molecule has 0 aromatic heterocycles. The van der Waals surface area contributed by atoms with E-state index in [1.807, 2.05) is 54.6 Å². The molecule has 30 heavy (non-hydrogen) atoms. The molecule has 4 aromatic rings. The van der Waals surface area contributed by atoms with Gasteiger partial charge in [-0.2, -0.15) is 0 Å². The Bertz CT molecular complexity index is 1210. The van der Waals surface area contributed by atoms with E-state index in [-0.39, 0.29) is 5.91 Å². The van der Waals surface area contributed by atoms with Gasteiger partial charge in [0.2, 0.25) is 5.91 Å². The van der Waals surface area contributed by atoms with E-state index in [0.29, 0.717) is 12.0 Å². The van der Waals surface area contributed by atoms with E-state index in [9.17, 15) is 9.59 Å². The normalized spacial score (nSPS) is 12.1. The van der Waals surface area contributed by atoms with Crippen molar-refractivity contribution >= 4 is 65.2 Å². The van der Waals surface area contributed by atoms with Gasteiger partial charge in [-0.3, -0.25) is 9.59 Å². The standard InChI is InChI=1S/C24H18Br2N2O2/c25-17-10-16(11-18(26)12-17)24(30)28-22(23(27)29)13-21-19-7-3-1-5-14(19)9-15-6-2-4-8-20(15)21/h1-12,22H,13H2,(H2,27,29)(H,28,30)/t22-/m1/s1. The first-order valence-corrected chi connectivity index (χ1v) is 11.0. The topological polar surface area (TPSA) is 72.2 Å². The van der Waals surface area contributed by atoms with Crippen LogP contribution in [0.25, 0.3) is 21.5 Å². The van der Waals surface area contributed by atoms with Gasteiger partial charge in [-0.1, -0.05) is 80.4 Å². The van der Waals surface area contributed by atoms with E-state index in [1.165, 1.54) is 0 Å². The minimum atomic E-state index is -0.843. The van der Waals surface area contributed by atoms with Crippen molar-refractivity contribution in [2.45, 2.75) is 12.5 Å². The van der Waals surface area contributed by atoms with Gasteiger partial charge in [0, 0.05) is 20.9 Å². The summed E-state index contributed by atoms with van der Waals surface area (Å²) in [5, 5.41) is 7.06. The lowest BCUT2D eigenvalue weighted by atomic mass is 9.92. The lowest BCUT2D eigenvalue weighted by Gasteiger charge is -2.19. The van der Waals surface area contributed by atoms with Crippen LogP contribution >= 0.6 is 31.9 Å². The van der Waals surface area contributed by atoms with Crippen LogP contribution in [0.4, 0.5) is 0 Å². The van der Waals surface area contributed by atoms with Gasteiger partial charge in [0.15, 0.2) is 0 Å². The molecule has 0 fully saturated rings. The van der Waals surface area contributed by atoms with Crippen molar-refractivity contribution in [2.75, 3.05) is 0 Å². The van der Waals surface area contributed by atoms with E-state index in [1.54, 1.807) is 12.1 Å². The Kier molecular flexibility index (Phi) is 5.88. The highest BCUT2D eigenvalue weighted by molar-refractivity contribution is 9.11. The number of carbonyl (C=O) groups excluding carboxylic acids is 2. The molecule has 0 bridgehead atoms. The van der Waals surface area contributed by atoms with E-state index in [0.717, 1.165) is 36.1 Å². The maximum absolute atomic E-state index is 12.8. The monoisotopic (exact) mass is 524 g/mol. The molecule has 0 saturated heterocycles. The van der Waals surface area contributed by atoms with Crippen LogP contribution < -0.4 is 11.1 Å². The second kappa shape index (κ2) is 8.58. The molecule has 4 aromatic carbocycles. The molecule has 1 atom stereocenters. The fourth-order valence-corrected chi connectivity index (χ4v) is 4.97. The summed E-state index contributed by atoms with van der Waals surface area (Å²) in [6.45, 7) is 0. The molecule has 0 aliphatic rings. The number of halogens is 2. The highest BCUT2D eigenvalue weighted by atomic mass is 79.9. The highest BCUT2D eigenvalue weighted by Gasteiger charge is 2.22. The second-order valence-electron chi connectivity index (χ2n) is 7.09. The SMILES string of the molecule is NC(=O)[C@@H](Cc1c2ccccc2cc2ccccc12)NC(=O)c1cc(Br)cc(Br)c1. The van der Waals surface area contributed by atoms with E-state index in [4.69, 9.17) is 5.73 Å². The Morgan fingerprint density at radius 3 is 1.90 bits per heavy atom. The Morgan fingerprint density at radius 1 is 0.833 bits per heavy atom. The molecule has 4 rings (SSSR count). The van der Waals surface area contributed by atoms with Crippen LogP contribution in [0.15, 0.2) is 81.7 Å². The number of nitrogens with one attached hydrogen (secondary N) is 1. The predicted octanol–water partition coefficient (Wildman–Crippen LogP) is 5.34. The third-order valence-corrected chi connectivity index (χ3v) is 5.98. The molecule has 0 saturated carbocycles. The second-order valence-corrected chi connectivity index (χ2v) is 8.92. The minimum Gasteiger partial charge on any atom is -0.368 e. The maximum atomic E-state index is 12.8. The summed E-state index contributed by atoms with van der Waals surface area (Å²) in [6, 6.07) is 22.6. The van der Waals surface area contributed by atoms with Crippen molar-refractivity contribution < 1.29 is 9.59 Å². The predicted molar refractivity (Wildman–Crippen MR) is 127 cm³/mol. The molecule has 3 N–H and O–H groups in total. The fourth-order valence-electron chi connectivity index (χ4n) is 3.68. The zero-order valence-electron chi connectivity index (χ0n) is 15.9. The van der Waals surface area contributed by atoms with Crippen molar-refractivity contribution in [3.63, 3.8) is 0 Å². The molecule has 0 unspecified atom stereocenters. The molecule has 0 spiro atoms. The fraction of sp³-hybridized carbons (Fsp3) is 0.0833. The van der Waals surface area contributed by atoms with Crippen LogP contribution in [0.5, 0.6) is 0 Å². The van der Waals surface area contributed by atoms with Crippen molar-refractivity contribution in [1.82, 2.24) is 5.32 Å². The lowest BCUT2D eigenvalue weighted by molar-refractivity contribution is -0.119. The smallest absolute Gasteiger partial charge is 0.252 e. The van der Waals surface area contributed by atoms with Gasteiger partial charge in [0.25, 0.3) is 5.91 Å². The Labute approximate surface area is 190 Å². The zero-order valence-corrected chi connectivity index (χ0v) is 19.0. The van der Waals surface area contributed by atoms with Gasteiger partial charge in [0.05, 0.1) is 0 Å². The summed E-state index contributed by atoms with van der Waals surface area (Å²) in [7, 11) is 0. The molecule has 150 valence electrons. The number of carbonyl (C=O) groups is 2.